The first kappa shape index (κ1) is 15.8. The summed E-state index contributed by atoms with van der Waals surface area (Å²) in [7, 11) is 0. The Labute approximate surface area is 143 Å². The number of ether oxygens (including phenoxy) is 2. The number of fused-ring (bicyclic) bond motifs is 1. The predicted octanol–water partition coefficient (Wildman–Crippen LogP) is 2.20. The third kappa shape index (κ3) is 3.25. The minimum Gasteiger partial charge on any atom is -0.475 e. The second-order valence-corrected chi connectivity index (χ2v) is 5.68. The number of pyridine rings is 2. The number of hydrogen-bond donors (Lipinski definition) is 1. The third-order valence-electron chi connectivity index (χ3n) is 4.10. The van der Waals surface area contributed by atoms with Crippen molar-refractivity contribution in [2.45, 2.75) is 0 Å². The van der Waals surface area contributed by atoms with E-state index < -0.39 is 6.67 Å². The number of hydrogen-bond acceptors (Lipinski definition) is 6. The summed E-state index contributed by atoms with van der Waals surface area (Å²) in [5, 5.41) is 8.26. The summed E-state index contributed by atoms with van der Waals surface area (Å²) >= 11 is 0. The monoisotopic (exact) mass is 343 g/mol. The molecule has 0 unspecified atom stereocenters. The molecule has 7 nitrogen and oxygen atoms in total. The Morgan fingerprint density at radius 3 is 2.96 bits per heavy atom. The Balaban J connectivity index is 1.68. The van der Waals surface area contributed by atoms with Crippen LogP contribution in [0.3, 0.4) is 0 Å². The molecule has 25 heavy (non-hydrogen) atoms. The first-order valence-corrected chi connectivity index (χ1v) is 8.17. The molecule has 0 amide bonds. The van der Waals surface area contributed by atoms with E-state index in [0.717, 1.165) is 41.1 Å². The Bertz CT molecular complexity index is 863. The molecule has 0 aromatic carbocycles. The molecule has 1 N–H and O–H groups in total. The van der Waals surface area contributed by atoms with Crippen molar-refractivity contribution < 1.29 is 13.9 Å². The molecule has 4 heterocycles. The Morgan fingerprint density at radius 2 is 2.12 bits per heavy atom. The Kier molecular flexibility index (Phi) is 4.43. The lowest BCUT2D eigenvalue weighted by molar-refractivity contribution is 0.122. The number of nitrogens with zero attached hydrogens (tertiary/aromatic N) is 4. The van der Waals surface area contributed by atoms with Crippen molar-refractivity contribution in [3.63, 3.8) is 0 Å². The van der Waals surface area contributed by atoms with Crippen LogP contribution in [0.5, 0.6) is 5.88 Å². The largest absolute Gasteiger partial charge is 0.475 e. The quantitative estimate of drug-likeness (QED) is 0.765. The van der Waals surface area contributed by atoms with Gasteiger partial charge in [0.2, 0.25) is 5.88 Å². The fourth-order valence-corrected chi connectivity index (χ4v) is 2.87. The number of aromatic amines is 1. The van der Waals surface area contributed by atoms with E-state index in [1.807, 2.05) is 12.1 Å². The van der Waals surface area contributed by atoms with Crippen molar-refractivity contribution in [2.75, 3.05) is 44.5 Å². The molecule has 0 saturated carbocycles. The molecule has 1 fully saturated rings. The van der Waals surface area contributed by atoms with Crippen LogP contribution in [0.4, 0.5) is 10.2 Å². The number of halogens is 1. The lowest BCUT2D eigenvalue weighted by Gasteiger charge is -2.27. The number of morpholine rings is 1. The van der Waals surface area contributed by atoms with Crippen molar-refractivity contribution in [1.82, 2.24) is 20.2 Å². The van der Waals surface area contributed by atoms with Gasteiger partial charge in [-0.2, -0.15) is 5.10 Å². The maximum atomic E-state index is 12.3. The summed E-state index contributed by atoms with van der Waals surface area (Å²) < 4.78 is 23.0. The average Bonchev–Trinajstić information content (AvgIpc) is 3.10. The van der Waals surface area contributed by atoms with Gasteiger partial charge in [-0.25, -0.2) is 14.4 Å². The minimum atomic E-state index is -0.550. The standard InChI is InChI=1S/C17H18FN5O2/c18-2-6-25-16-10-13-14(11-20-16)21-22-17(13)12-1-3-19-15(9-12)23-4-7-24-8-5-23/h1,3,9-11H,2,4-8H2,(H,21,22). The maximum Gasteiger partial charge on any atom is 0.214 e. The first-order valence-electron chi connectivity index (χ1n) is 8.17. The van der Waals surface area contributed by atoms with Gasteiger partial charge in [0.15, 0.2) is 0 Å². The van der Waals surface area contributed by atoms with Crippen LogP contribution in [-0.2, 0) is 4.74 Å². The van der Waals surface area contributed by atoms with Gasteiger partial charge in [-0.15, -0.1) is 0 Å². The molecule has 1 aliphatic rings. The molecule has 0 bridgehead atoms. The summed E-state index contributed by atoms with van der Waals surface area (Å²) in [6, 6.07) is 5.71. The molecule has 1 aliphatic heterocycles. The van der Waals surface area contributed by atoms with Crippen molar-refractivity contribution in [2.24, 2.45) is 0 Å². The summed E-state index contributed by atoms with van der Waals surface area (Å²) in [5.74, 6) is 1.29. The number of anilines is 1. The molecule has 0 atom stereocenters. The predicted molar refractivity (Wildman–Crippen MR) is 91.6 cm³/mol. The minimum absolute atomic E-state index is 0.0118. The van der Waals surface area contributed by atoms with Crippen LogP contribution >= 0.6 is 0 Å². The zero-order valence-corrected chi connectivity index (χ0v) is 13.6. The number of alkyl halides is 1. The van der Waals surface area contributed by atoms with Gasteiger partial charge in [-0.05, 0) is 12.1 Å². The van der Waals surface area contributed by atoms with E-state index in [1.165, 1.54) is 0 Å². The highest BCUT2D eigenvalue weighted by atomic mass is 19.1. The Hall–Kier alpha value is -2.74. The van der Waals surface area contributed by atoms with Crippen LogP contribution in [0, 0.1) is 0 Å². The van der Waals surface area contributed by atoms with E-state index in [-0.39, 0.29) is 6.61 Å². The van der Waals surface area contributed by atoms with E-state index >= 15 is 0 Å². The molecular weight excluding hydrogens is 325 g/mol. The topological polar surface area (TPSA) is 76.2 Å². The molecular formula is C17H18FN5O2. The highest BCUT2D eigenvalue weighted by Gasteiger charge is 2.15. The molecule has 3 aromatic rings. The van der Waals surface area contributed by atoms with E-state index in [4.69, 9.17) is 9.47 Å². The molecule has 0 radical (unpaired) electrons. The lowest BCUT2D eigenvalue weighted by atomic mass is 10.1. The molecule has 8 heteroatoms. The highest BCUT2D eigenvalue weighted by Crippen LogP contribution is 2.29. The van der Waals surface area contributed by atoms with Crippen LogP contribution in [0.2, 0.25) is 0 Å². The molecule has 1 saturated heterocycles. The van der Waals surface area contributed by atoms with Gasteiger partial charge >= 0.3 is 0 Å². The molecule has 0 aliphatic carbocycles. The fourth-order valence-electron chi connectivity index (χ4n) is 2.87. The van der Waals surface area contributed by atoms with E-state index in [1.54, 1.807) is 18.5 Å². The zero-order valence-electron chi connectivity index (χ0n) is 13.6. The van der Waals surface area contributed by atoms with Crippen molar-refractivity contribution in [1.29, 1.82) is 0 Å². The summed E-state index contributed by atoms with van der Waals surface area (Å²) in [4.78, 5) is 10.8. The Morgan fingerprint density at radius 1 is 1.24 bits per heavy atom. The van der Waals surface area contributed by atoms with E-state index in [0.29, 0.717) is 19.1 Å². The fraction of sp³-hybridized carbons (Fsp3) is 0.353. The molecule has 3 aromatic heterocycles. The van der Waals surface area contributed by atoms with Gasteiger partial charge in [-0.3, -0.25) is 5.10 Å². The smallest absolute Gasteiger partial charge is 0.214 e. The summed E-state index contributed by atoms with van der Waals surface area (Å²) in [6.45, 7) is 2.50. The second-order valence-electron chi connectivity index (χ2n) is 5.68. The number of nitrogens with one attached hydrogen (secondary N) is 1. The van der Waals surface area contributed by atoms with Gasteiger partial charge in [0, 0.05) is 36.3 Å². The van der Waals surface area contributed by atoms with Crippen LogP contribution in [0.25, 0.3) is 22.2 Å². The van der Waals surface area contributed by atoms with Crippen molar-refractivity contribution >= 4 is 16.7 Å². The number of H-pyrrole nitrogens is 1. The van der Waals surface area contributed by atoms with Crippen LogP contribution in [0.15, 0.2) is 30.6 Å². The van der Waals surface area contributed by atoms with Gasteiger partial charge in [0.1, 0.15) is 24.8 Å². The van der Waals surface area contributed by atoms with Gasteiger partial charge in [0.25, 0.3) is 0 Å². The van der Waals surface area contributed by atoms with Gasteiger partial charge < -0.3 is 14.4 Å². The van der Waals surface area contributed by atoms with Crippen LogP contribution in [0.1, 0.15) is 0 Å². The molecule has 130 valence electrons. The summed E-state index contributed by atoms with van der Waals surface area (Å²) in [5.41, 5.74) is 2.54. The van der Waals surface area contributed by atoms with Gasteiger partial charge in [0.05, 0.1) is 24.9 Å². The van der Waals surface area contributed by atoms with Gasteiger partial charge in [-0.1, -0.05) is 0 Å². The summed E-state index contributed by atoms with van der Waals surface area (Å²) in [6.07, 6.45) is 3.42. The van der Waals surface area contributed by atoms with Crippen LogP contribution < -0.4 is 9.64 Å². The first-order chi connectivity index (χ1) is 12.3. The maximum absolute atomic E-state index is 12.3. The van der Waals surface area contributed by atoms with E-state index in [9.17, 15) is 4.39 Å². The lowest BCUT2D eigenvalue weighted by Crippen LogP contribution is -2.36. The number of aromatic nitrogens is 4. The number of rotatable bonds is 5. The van der Waals surface area contributed by atoms with Crippen LogP contribution in [-0.4, -0.2) is 59.8 Å². The van der Waals surface area contributed by atoms with Crippen molar-refractivity contribution in [3.05, 3.63) is 30.6 Å². The zero-order chi connectivity index (χ0) is 17.1. The van der Waals surface area contributed by atoms with E-state index in [2.05, 4.69) is 25.1 Å². The SMILES string of the molecule is FCCOc1cc2c(-c3ccnc(N4CCOCC4)c3)n[nH]c2cn1. The second kappa shape index (κ2) is 7.02. The molecule has 4 rings (SSSR count). The molecule has 0 spiro atoms. The third-order valence-corrected chi connectivity index (χ3v) is 4.10. The normalized spacial score (nSPS) is 14.8. The average molecular weight is 343 g/mol. The van der Waals surface area contributed by atoms with Crippen molar-refractivity contribution in [3.8, 4) is 17.1 Å². The highest BCUT2D eigenvalue weighted by molar-refractivity contribution is 5.93.